The predicted molar refractivity (Wildman–Crippen MR) is 150 cm³/mol. The van der Waals surface area contributed by atoms with Crippen LogP contribution < -0.4 is 20.1 Å². The number of amides is 2. The Balaban J connectivity index is 1.48. The van der Waals surface area contributed by atoms with Gasteiger partial charge in [0.1, 0.15) is 0 Å². The highest BCUT2D eigenvalue weighted by Gasteiger charge is 2.24. The van der Waals surface area contributed by atoms with Crippen LogP contribution >= 0.6 is 23.4 Å². The molecule has 0 atom stereocenters. The number of amidine groups is 1. The van der Waals surface area contributed by atoms with Crippen molar-refractivity contribution >= 4 is 57.8 Å². The minimum Gasteiger partial charge on any atom is -0.490 e. The van der Waals surface area contributed by atoms with E-state index >= 15 is 0 Å². The van der Waals surface area contributed by atoms with Gasteiger partial charge in [0.05, 0.1) is 22.2 Å². The maximum atomic E-state index is 12.5. The molecule has 3 aromatic rings. The van der Waals surface area contributed by atoms with Crippen molar-refractivity contribution in [2.24, 2.45) is 4.99 Å². The van der Waals surface area contributed by atoms with Crippen LogP contribution in [0.15, 0.2) is 70.6 Å². The minimum atomic E-state index is -0.324. The molecule has 0 aromatic heterocycles. The van der Waals surface area contributed by atoms with E-state index in [-0.39, 0.29) is 29.2 Å². The number of aryl methyl sites for hydroxylation is 2. The number of benzene rings is 3. The van der Waals surface area contributed by atoms with Gasteiger partial charge in [0.15, 0.2) is 23.3 Å². The largest absolute Gasteiger partial charge is 0.490 e. The van der Waals surface area contributed by atoms with E-state index in [2.05, 4.69) is 15.6 Å². The molecule has 3 aromatic carbocycles. The fourth-order valence-corrected chi connectivity index (χ4v) is 4.62. The fraction of sp³-hybridized carbons (Fsp3) is 0.179. The maximum Gasteiger partial charge on any atom is 0.264 e. The van der Waals surface area contributed by atoms with Crippen molar-refractivity contribution in [1.82, 2.24) is 5.32 Å². The van der Waals surface area contributed by atoms with Gasteiger partial charge in [-0.05, 0) is 86.1 Å². The molecule has 2 N–H and O–H groups in total. The Morgan fingerprint density at radius 2 is 1.86 bits per heavy atom. The van der Waals surface area contributed by atoms with Crippen LogP contribution in [-0.4, -0.2) is 30.2 Å². The lowest BCUT2D eigenvalue weighted by Gasteiger charge is -2.14. The summed E-state index contributed by atoms with van der Waals surface area (Å²) in [4.78, 5) is 29.9. The van der Waals surface area contributed by atoms with Crippen molar-refractivity contribution in [3.63, 3.8) is 0 Å². The van der Waals surface area contributed by atoms with E-state index in [9.17, 15) is 9.59 Å². The number of nitrogens with zero attached hydrogens (tertiary/aromatic N) is 1. The molecule has 4 rings (SSSR count). The van der Waals surface area contributed by atoms with Crippen molar-refractivity contribution in [2.75, 3.05) is 18.5 Å². The lowest BCUT2D eigenvalue weighted by Crippen LogP contribution is -2.20. The van der Waals surface area contributed by atoms with Gasteiger partial charge in [0.25, 0.3) is 11.8 Å². The Morgan fingerprint density at radius 3 is 2.59 bits per heavy atom. The van der Waals surface area contributed by atoms with Crippen LogP contribution in [0.3, 0.4) is 0 Å². The molecule has 1 heterocycles. The number of hydrogen-bond acceptors (Lipinski definition) is 6. The summed E-state index contributed by atoms with van der Waals surface area (Å²) in [5.41, 5.74) is 4.26. The first-order valence-electron chi connectivity index (χ1n) is 11.6. The average molecular weight is 536 g/mol. The summed E-state index contributed by atoms with van der Waals surface area (Å²) in [6, 6.07) is 18.6. The zero-order valence-electron chi connectivity index (χ0n) is 20.6. The highest BCUT2D eigenvalue weighted by atomic mass is 35.5. The molecule has 2 amide bonds. The van der Waals surface area contributed by atoms with Gasteiger partial charge in [-0.25, -0.2) is 4.99 Å². The van der Waals surface area contributed by atoms with Crippen molar-refractivity contribution in [3.8, 4) is 11.5 Å². The fourth-order valence-electron chi connectivity index (χ4n) is 3.50. The molecule has 7 nitrogen and oxygen atoms in total. The minimum absolute atomic E-state index is 0.245. The van der Waals surface area contributed by atoms with Crippen molar-refractivity contribution in [2.45, 2.75) is 20.8 Å². The van der Waals surface area contributed by atoms with Crippen LogP contribution in [0.1, 0.15) is 23.6 Å². The molecular weight excluding hydrogens is 510 g/mol. The SMILES string of the molecule is CCOc1cc(/C=C2\SC(=Nc3ccc(C)cc3)NC2=O)cc(Cl)c1OCC(=O)Nc1cccc(C)c1. The Labute approximate surface area is 224 Å². The van der Waals surface area contributed by atoms with Crippen LogP contribution in [0.25, 0.3) is 6.08 Å². The van der Waals surface area contributed by atoms with E-state index in [1.54, 1.807) is 24.3 Å². The van der Waals surface area contributed by atoms with Gasteiger partial charge >= 0.3 is 0 Å². The first kappa shape index (κ1) is 26.3. The van der Waals surface area contributed by atoms with Crippen LogP contribution in [0, 0.1) is 13.8 Å². The summed E-state index contributed by atoms with van der Waals surface area (Å²) in [5.74, 6) is 0.0604. The van der Waals surface area contributed by atoms with Crippen LogP contribution in [0.2, 0.25) is 5.02 Å². The third-order valence-electron chi connectivity index (χ3n) is 5.19. The third kappa shape index (κ3) is 7.15. The molecule has 190 valence electrons. The van der Waals surface area contributed by atoms with Crippen LogP contribution in [0.5, 0.6) is 11.5 Å². The lowest BCUT2D eigenvalue weighted by atomic mass is 10.2. The van der Waals surface area contributed by atoms with Crippen molar-refractivity contribution in [1.29, 1.82) is 0 Å². The molecular formula is C28H26ClN3O4S. The Hall–Kier alpha value is -3.75. The number of ether oxygens (including phenoxy) is 2. The molecule has 0 unspecified atom stereocenters. The Kier molecular flexibility index (Phi) is 8.53. The van der Waals surface area contributed by atoms with Crippen molar-refractivity contribution in [3.05, 3.63) is 87.3 Å². The summed E-state index contributed by atoms with van der Waals surface area (Å²) in [7, 11) is 0. The van der Waals surface area contributed by atoms with Crippen LogP contribution in [-0.2, 0) is 9.59 Å². The first-order valence-corrected chi connectivity index (χ1v) is 12.8. The van der Waals surface area contributed by atoms with Gasteiger partial charge in [-0.2, -0.15) is 0 Å². The number of hydrogen-bond donors (Lipinski definition) is 2. The molecule has 1 aliphatic heterocycles. The first-order chi connectivity index (χ1) is 17.8. The number of halogens is 1. The molecule has 0 spiro atoms. The Morgan fingerprint density at radius 1 is 1.08 bits per heavy atom. The van der Waals surface area contributed by atoms with E-state index in [0.29, 0.717) is 33.7 Å². The monoisotopic (exact) mass is 535 g/mol. The Bertz CT molecular complexity index is 1390. The smallest absolute Gasteiger partial charge is 0.264 e. The molecule has 9 heteroatoms. The third-order valence-corrected chi connectivity index (χ3v) is 6.39. The molecule has 1 aliphatic rings. The topological polar surface area (TPSA) is 89.0 Å². The van der Waals surface area contributed by atoms with E-state index in [1.165, 1.54) is 11.8 Å². The molecule has 1 saturated heterocycles. The molecule has 0 bridgehead atoms. The number of rotatable bonds is 8. The molecule has 0 saturated carbocycles. The summed E-state index contributed by atoms with van der Waals surface area (Å²) in [6.45, 7) is 5.90. The van der Waals surface area contributed by atoms with E-state index in [0.717, 1.165) is 16.8 Å². The van der Waals surface area contributed by atoms with Crippen molar-refractivity contribution < 1.29 is 19.1 Å². The van der Waals surface area contributed by atoms with Gasteiger partial charge < -0.3 is 20.1 Å². The number of carbonyl (C=O) groups excluding carboxylic acids is 2. The van der Waals surface area contributed by atoms with E-state index < -0.39 is 0 Å². The molecule has 0 radical (unpaired) electrons. The average Bonchev–Trinajstić information content (AvgIpc) is 3.18. The number of aliphatic imine (C=N–C) groups is 1. The molecule has 1 fully saturated rings. The quantitative estimate of drug-likeness (QED) is 0.332. The van der Waals surface area contributed by atoms with E-state index in [4.69, 9.17) is 21.1 Å². The zero-order valence-corrected chi connectivity index (χ0v) is 22.2. The number of thioether (sulfide) groups is 1. The van der Waals surface area contributed by atoms with E-state index in [1.807, 2.05) is 63.2 Å². The normalized spacial score (nSPS) is 15.1. The number of carbonyl (C=O) groups is 2. The number of nitrogens with one attached hydrogen (secondary N) is 2. The lowest BCUT2D eigenvalue weighted by molar-refractivity contribution is -0.118. The van der Waals surface area contributed by atoms with Gasteiger partial charge in [-0.1, -0.05) is 41.4 Å². The number of anilines is 1. The zero-order chi connectivity index (χ0) is 26.4. The summed E-state index contributed by atoms with van der Waals surface area (Å²) in [6.07, 6.45) is 1.71. The summed E-state index contributed by atoms with van der Waals surface area (Å²) < 4.78 is 11.5. The molecule has 0 aliphatic carbocycles. The van der Waals surface area contributed by atoms with Gasteiger partial charge in [0, 0.05) is 5.69 Å². The molecule has 37 heavy (non-hydrogen) atoms. The maximum absolute atomic E-state index is 12.5. The second kappa shape index (κ2) is 12.0. The second-order valence-electron chi connectivity index (χ2n) is 8.29. The second-order valence-corrected chi connectivity index (χ2v) is 9.72. The van der Waals surface area contributed by atoms with Crippen LogP contribution in [0.4, 0.5) is 11.4 Å². The van der Waals surface area contributed by atoms with Gasteiger partial charge in [0.2, 0.25) is 0 Å². The predicted octanol–water partition coefficient (Wildman–Crippen LogP) is 6.26. The van der Waals surface area contributed by atoms with Gasteiger partial charge in [-0.3, -0.25) is 9.59 Å². The summed E-state index contributed by atoms with van der Waals surface area (Å²) >= 11 is 7.75. The standard InChI is InChI=1S/C28H26ClN3O4S/c1-4-35-23-14-19(15-24-27(34)32-28(37-24)31-20-10-8-17(2)9-11-20)13-22(29)26(23)36-16-25(33)30-21-7-5-6-18(3)12-21/h5-15H,4,16H2,1-3H3,(H,30,33)(H,31,32,34)/b24-15-. The van der Waals surface area contributed by atoms with Gasteiger partial charge in [-0.15, -0.1) is 0 Å². The highest BCUT2D eigenvalue weighted by Crippen LogP contribution is 2.38. The highest BCUT2D eigenvalue weighted by molar-refractivity contribution is 8.18. The summed E-state index contributed by atoms with van der Waals surface area (Å²) in [5, 5.41) is 6.34.